The summed E-state index contributed by atoms with van der Waals surface area (Å²) < 4.78 is 14.0. The van der Waals surface area contributed by atoms with Crippen molar-refractivity contribution >= 4 is 29.2 Å². The van der Waals surface area contributed by atoms with Gasteiger partial charge in [-0.05, 0) is 72.4 Å². The summed E-state index contributed by atoms with van der Waals surface area (Å²) in [4.78, 5) is 11.6. The molecule has 0 amide bonds. The number of carboxylic acid groups (broad SMARTS) is 1. The number of aryl methyl sites for hydroxylation is 2. The maximum atomic E-state index is 11.6. The molecule has 1 N–H and O–H groups in total. The van der Waals surface area contributed by atoms with Gasteiger partial charge in [0.1, 0.15) is 29.4 Å². The highest BCUT2D eigenvalue weighted by molar-refractivity contribution is 6.37. The number of hydrogen-bond donors (Lipinski definition) is 1. The molecule has 0 spiro atoms. The number of para-hydroxylation sites is 2. The number of ether oxygens (including phenoxy) is 2. The van der Waals surface area contributed by atoms with E-state index in [0.29, 0.717) is 28.1 Å². The normalized spacial score (nSPS) is 12.0. The zero-order valence-electron chi connectivity index (χ0n) is 22.7. The molecule has 6 nitrogen and oxygen atoms in total. The quantitative estimate of drug-likeness (QED) is 0.208. The first-order valence-electron chi connectivity index (χ1n) is 12.8. The van der Waals surface area contributed by atoms with Gasteiger partial charge in [0.15, 0.2) is 0 Å². The van der Waals surface area contributed by atoms with Gasteiger partial charge >= 0.3 is 5.97 Å². The van der Waals surface area contributed by atoms with E-state index in [4.69, 9.17) is 32.7 Å². The van der Waals surface area contributed by atoms with Crippen molar-refractivity contribution in [2.75, 3.05) is 6.61 Å². The Labute approximate surface area is 239 Å². The third-order valence-electron chi connectivity index (χ3n) is 6.74. The van der Waals surface area contributed by atoms with Crippen molar-refractivity contribution in [2.45, 2.75) is 53.1 Å². The number of halogens is 2. The molecular weight excluding hydrogens is 535 g/mol. The minimum Gasteiger partial charge on any atom is -0.492 e. The van der Waals surface area contributed by atoms with Crippen LogP contribution in [0.4, 0.5) is 0 Å². The number of hydrogen-bond acceptors (Lipinski definition) is 4. The van der Waals surface area contributed by atoms with Gasteiger partial charge in [0.2, 0.25) is 0 Å². The predicted molar refractivity (Wildman–Crippen MR) is 155 cm³/mol. The molecule has 1 unspecified atom stereocenters. The third kappa shape index (κ3) is 6.23. The number of nitrogens with zero attached hydrogens (tertiary/aromatic N) is 2. The number of carboxylic acids is 1. The van der Waals surface area contributed by atoms with Crippen LogP contribution in [0.15, 0.2) is 60.8 Å². The highest BCUT2D eigenvalue weighted by Crippen LogP contribution is 2.33. The van der Waals surface area contributed by atoms with E-state index in [1.807, 2.05) is 44.3 Å². The van der Waals surface area contributed by atoms with Crippen LogP contribution in [0, 0.1) is 13.8 Å². The first-order chi connectivity index (χ1) is 18.6. The molecule has 3 aromatic carbocycles. The Morgan fingerprint density at radius 2 is 1.64 bits per heavy atom. The average molecular weight is 568 g/mol. The lowest BCUT2D eigenvalue weighted by molar-refractivity contribution is 0.0691. The maximum Gasteiger partial charge on any atom is 0.339 e. The lowest BCUT2D eigenvalue weighted by Crippen LogP contribution is -2.12. The van der Waals surface area contributed by atoms with Crippen molar-refractivity contribution in [3.63, 3.8) is 0 Å². The number of carbonyl (C=O) groups is 1. The minimum absolute atomic E-state index is 0.0386. The van der Waals surface area contributed by atoms with Gasteiger partial charge in [0, 0.05) is 5.92 Å². The molecule has 0 aliphatic heterocycles. The Balaban J connectivity index is 1.51. The first kappa shape index (κ1) is 28.5. The molecule has 0 fully saturated rings. The zero-order valence-corrected chi connectivity index (χ0v) is 24.2. The fourth-order valence-corrected chi connectivity index (χ4v) is 5.21. The van der Waals surface area contributed by atoms with Gasteiger partial charge in [0.05, 0.1) is 28.5 Å². The molecule has 1 aromatic heterocycles. The summed E-state index contributed by atoms with van der Waals surface area (Å²) in [7, 11) is 0. The van der Waals surface area contributed by atoms with Crippen molar-refractivity contribution in [3.05, 3.63) is 104 Å². The van der Waals surface area contributed by atoms with E-state index >= 15 is 0 Å². The molecule has 0 aliphatic rings. The molecule has 0 radical (unpaired) electrons. The van der Waals surface area contributed by atoms with Crippen LogP contribution in [0.3, 0.4) is 0 Å². The molecule has 1 atom stereocenters. The number of rotatable bonds is 10. The molecule has 1 heterocycles. The van der Waals surface area contributed by atoms with Gasteiger partial charge < -0.3 is 14.6 Å². The second-order valence-electron chi connectivity index (χ2n) is 9.96. The smallest absolute Gasteiger partial charge is 0.339 e. The van der Waals surface area contributed by atoms with Gasteiger partial charge in [0.25, 0.3) is 0 Å². The Morgan fingerprint density at radius 1 is 0.949 bits per heavy atom. The lowest BCUT2D eigenvalue weighted by atomic mass is 9.97. The summed E-state index contributed by atoms with van der Waals surface area (Å²) in [5.41, 5.74) is 5.69. The van der Waals surface area contributed by atoms with E-state index in [0.717, 1.165) is 33.7 Å². The Kier molecular flexibility index (Phi) is 8.88. The summed E-state index contributed by atoms with van der Waals surface area (Å²) in [6, 6.07) is 16.5. The highest BCUT2D eigenvalue weighted by Gasteiger charge is 2.20. The van der Waals surface area contributed by atoms with Crippen LogP contribution in [0.5, 0.6) is 11.5 Å². The Bertz CT molecular complexity index is 1480. The van der Waals surface area contributed by atoms with E-state index in [9.17, 15) is 9.90 Å². The monoisotopic (exact) mass is 566 g/mol. The molecule has 39 heavy (non-hydrogen) atoms. The summed E-state index contributed by atoms with van der Waals surface area (Å²) >= 11 is 13.0. The van der Waals surface area contributed by atoms with Crippen LogP contribution in [-0.2, 0) is 6.61 Å². The first-order valence-corrected chi connectivity index (χ1v) is 13.5. The minimum atomic E-state index is -1.00. The fraction of sp³-hybridized carbons (Fsp3) is 0.290. The second kappa shape index (κ2) is 12.1. The third-order valence-corrected chi connectivity index (χ3v) is 7.35. The van der Waals surface area contributed by atoms with E-state index in [-0.39, 0.29) is 24.0 Å². The van der Waals surface area contributed by atoms with Crippen LogP contribution in [0.25, 0.3) is 5.69 Å². The number of benzene rings is 3. The standard InChI is InChI=1S/C31H32Cl2N2O4/c1-18(2)25-15-34-35(29-26(32)10-7-11-27(29)33)28(25)17-38-22-12-13-23(20(4)14-22)21(5)16-39-30-19(3)8-6-9-24(30)31(36)37/h6-15,18,21H,16-17H2,1-5H3,(H,36,37). The molecule has 4 rings (SSSR count). The van der Waals surface area contributed by atoms with Crippen molar-refractivity contribution < 1.29 is 19.4 Å². The van der Waals surface area contributed by atoms with E-state index in [2.05, 4.69) is 25.9 Å². The topological polar surface area (TPSA) is 73.6 Å². The van der Waals surface area contributed by atoms with E-state index in [1.165, 1.54) is 0 Å². The summed E-state index contributed by atoms with van der Waals surface area (Å²) in [6.07, 6.45) is 1.84. The Hall–Kier alpha value is -3.48. The average Bonchev–Trinajstić information content (AvgIpc) is 3.30. The fourth-order valence-electron chi connectivity index (χ4n) is 4.65. The van der Waals surface area contributed by atoms with Crippen molar-refractivity contribution in [1.29, 1.82) is 0 Å². The predicted octanol–water partition coefficient (Wildman–Crippen LogP) is 8.38. The van der Waals surface area contributed by atoms with Gasteiger partial charge in [-0.25, -0.2) is 9.48 Å². The Morgan fingerprint density at radius 3 is 2.28 bits per heavy atom. The van der Waals surface area contributed by atoms with Crippen molar-refractivity contribution in [1.82, 2.24) is 9.78 Å². The maximum absolute atomic E-state index is 11.6. The molecule has 0 bridgehead atoms. The molecule has 0 saturated heterocycles. The summed E-state index contributed by atoms with van der Waals surface area (Å²) in [5, 5.41) is 15.1. The van der Waals surface area contributed by atoms with Crippen LogP contribution in [0.2, 0.25) is 10.0 Å². The van der Waals surface area contributed by atoms with Gasteiger partial charge in [-0.2, -0.15) is 5.10 Å². The largest absolute Gasteiger partial charge is 0.492 e. The molecule has 204 valence electrons. The summed E-state index contributed by atoms with van der Waals surface area (Å²) in [6.45, 7) is 10.8. The zero-order chi connectivity index (χ0) is 28.3. The van der Waals surface area contributed by atoms with Gasteiger partial charge in [-0.3, -0.25) is 0 Å². The molecule has 4 aromatic rings. The van der Waals surface area contributed by atoms with E-state index < -0.39 is 5.97 Å². The van der Waals surface area contributed by atoms with Crippen LogP contribution >= 0.6 is 23.2 Å². The van der Waals surface area contributed by atoms with Gasteiger partial charge in [-0.1, -0.05) is 68.2 Å². The number of aromatic carboxylic acids is 1. The van der Waals surface area contributed by atoms with E-state index in [1.54, 1.807) is 35.0 Å². The van der Waals surface area contributed by atoms with Crippen LogP contribution < -0.4 is 9.47 Å². The van der Waals surface area contributed by atoms with Gasteiger partial charge in [-0.15, -0.1) is 0 Å². The SMILES string of the molecule is Cc1cc(OCc2c(C(C)C)cnn2-c2c(Cl)cccc2Cl)ccc1C(C)COc1c(C)cccc1C(=O)O. The van der Waals surface area contributed by atoms with Crippen molar-refractivity contribution in [3.8, 4) is 17.2 Å². The van der Waals surface area contributed by atoms with Crippen LogP contribution in [-0.4, -0.2) is 27.5 Å². The number of aromatic nitrogens is 2. The second-order valence-corrected chi connectivity index (χ2v) is 10.8. The highest BCUT2D eigenvalue weighted by atomic mass is 35.5. The molecule has 8 heteroatoms. The molecule has 0 saturated carbocycles. The van der Waals surface area contributed by atoms with Crippen molar-refractivity contribution in [2.24, 2.45) is 0 Å². The lowest BCUT2D eigenvalue weighted by Gasteiger charge is -2.19. The molecular formula is C31H32Cl2N2O4. The van der Waals surface area contributed by atoms with Crippen LogP contribution in [0.1, 0.15) is 70.9 Å². The summed E-state index contributed by atoms with van der Waals surface area (Å²) in [5.74, 6) is 0.405. The molecule has 0 aliphatic carbocycles.